The normalized spacial score (nSPS) is 13.4. The van der Waals surface area contributed by atoms with Crippen LogP contribution in [-0.2, 0) is 9.84 Å². The highest BCUT2D eigenvalue weighted by Crippen LogP contribution is 2.14. The Balaban J connectivity index is 2.19. The smallest absolute Gasteiger partial charge is 0.151 e. The van der Waals surface area contributed by atoms with Crippen LogP contribution in [0, 0.1) is 0 Å². The fraction of sp³-hybridized carbons (Fsp3) is 0.538. The summed E-state index contributed by atoms with van der Waals surface area (Å²) in [5, 5.41) is 12.9. The van der Waals surface area contributed by atoms with Gasteiger partial charge in [0.25, 0.3) is 0 Å². The van der Waals surface area contributed by atoms with Crippen LogP contribution < -0.4 is 5.32 Å². The number of nitrogens with one attached hydrogen (secondary N) is 1. The molecule has 1 rings (SSSR count). The third-order valence-corrected chi connectivity index (χ3v) is 4.51. The van der Waals surface area contributed by atoms with Gasteiger partial charge in [-0.25, -0.2) is 8.42 Å². The van der Waals surface area contributed by atoms with Crippen molar-refractivity contribution < 1.29 is 13.5 Å². The molecule has 4 nitrogen and oxygen atoms in total. The van der Waals surface area contributed by atoms with Gasteiger partial charge in [-0.3, -0.25) is 0 Å². The number of hydrogen-bond donors (Lipinski definition) is 2. The summed E-state index contributed by atoms with van der Waals surface area (Å²) in [7, 11) is -2.90. The van der Waals surface area contributed by atoms with Gasteiger partial charge < -0.3 is 10.4 Å². The van der Waals surface area contributed by atoms with E-state index in [0.717, 1.165) is 5.56 Å². The van der Waals surface area contributed by atoms with E-state index in [2.05, 4.69) is 5.32 Å². The number of aliphatic hydroxyl groups is 1. The molecule has 0 heterocycles. The lowest BCUT2D eigenvalue weighted by atomic mass is 10.1. The van der Waals surface area contributed by atoms with Crippen LogP contribution in [0.4, 0.5) is 0 Å². The zero-order valence-electron chi connectivity index (χ0n) is 10.7. The Morgan fingerprint density at radius 3 is 2.50 bits per heavy atom. The predicted molar refractivity (Wildman–Crippen MR) is 73.2 cm³/mol. The molecular formula is C13H21NO3S. The third kappa shape index (κ3) is 5.62. The van der Waals surface area contributed by atoms with Crippen molar-refractivity contribution in [2.45, 2.75) is 19.4 Å². The predicted octanol–water partition coefficient (Wildman–Crippen LogP) is 1.13. The van der Waals surface area contributed by atoms with Crippen molar-refractivity contribution in [3.05, 3.63) is 35.9 Å². The highest BCUT2D eigenvalue weighted by molar-refractivity contribution is 7.91. The summed E-state index contributed by atoms with van der Waals surface area (Å²) in [6.07, 6.45) is 0.0809. The van der Waals surface area contributed by atoms with Gasteiger partial charge in [0.05, 0.1) is 11.9 Å². The first-order valence-corrected chi connectivity index (χ1v) is 8.01. The summed E-state index contributed by atoms with van der Waals surface area (Å²) in [5.41, 5.74) is 0.889. The lowest BCUT2D eigenvalue weighted by Crippen LogP contribution is -2.25. The Bertz CT molecular complexity index is 431. The van der Waals surface area contributed by atoms with E-state index >= 15 is 0 Å². The molecule has 18 heavy (non-hydrogen) atoms. The second-order valence-corrected chi connectivity index (χ2v) is 6.67. The van der Waals surface area contributed by atoms with Gasteiger partial charge in [-0.05, 0) is 18.5 Å². The molecule has 0 fully saturated rings. The molecule has 0 amide bonds. The van der Waals surface area contributed by atoms with Crippen molar-refractivity contribution in [3.63, 3.8) is 0 Å². The van der Waals surface area contributed by atoms with E-state index in [-0.39, 0.29) is 11.5 Å². The van der Waals surface area contributed by atoms with Crippen LogP contribution in [0.3, 0.4) is 0 Å². The Hall–Kier alpha value is -0.910. The molecule has 0 spiro atoms. The molecule has 0 aliphatic rings. The van der Waals surface area contributed by atoms with Crippen molar-refractivity contribution >= 4 is 9.84 Å². The zero-order chi connectivity index (χ0) is 13.4. The maximum Gasteiger partial charge on any atom is 0.151 e. The molecule has 1 aromatic rings. The summed E-state index contributed by atoms with van der Waals surface area (Å²) in [5.74, 6) is 0.340. The molecule has 102 valence electrons. The number of hydrogen-bond acceptors (Lipinski definition) is 4. The molecule has 0 saturated carbocycles. The van der Waals surface area contributed by atoms with Crippen LogP contribution in [-0.4, -0.2) is 38.1 Å². The maximum absolute atomic E-state index is 11.2. The SMILES string of the molecule is CCS(=O)(=O)CCNCC[C@@H](O)c1ccccc1. The first-order chi connectivity index (χ1) is 8.55. The van der Waals surface area contributed by atoms with Crippen molar-refractivity contribution in [3.8, 4) is 0 Å². The van der Waals surface area contributed by atoms with Crippen molar-refractivity contribution in [1.82, 2.24) is 5.32 Å². The van der Waals surface area contributed by atoms with Crippen molar-refractivity contribution in [2.75, 3.05) is 24.6 Å². The van der Waals surface area contributed by atoms with Crippen molar-refractivity contribution in [1.29, 1.82) is 0 Å². The molecular weight excluding hydrogens is 250 g/mol. The third-order valence-electron chi connectivity index (χ3n) is 2.81. The van der Waals surface area contributed by atoms with Gasteiger partial charge >= 0.3 is 0 Å². The first kappa shape index (κ1) is 15.1. The average molecular weight is 271 g/mol. The molecule has 0 aromatic heterocycles. The van der Waals surface area contributed by atoms with E-state index in [1.807, 2.05) is 30.3 Å². The van der Waals surface area contributed by atoms with E-state index in [0.29, 0.717) is 19.5 Å². The average Bonchev–Trinajstić information content (AvgIpc) is 2.39. The van der Waals surface area contributed by atoms with E-state index in [4.69, 9.17) is 0 Å². The van der Waals surface area contributed by atoms with Crippen LogP contribution >= 0.6 is 0 Å². The zero-order valence-corrected chi connectivity index (χ0v) is 11.5. The summed E-state index contributed by atoms with van der Waals surface area (Å²) in [6.45, 7) is 2.70. The Labute approximate surface area is 109 Å². The van der Waals surface area contributed by atoms with Gasteiger partial charge in [-0.1, -0.05) is 37.3 Å². The van der Waals surface area contributed by atoms with Crippen LogP contribution in [0.15, 0.2) is 30.3 Å². The number of rotatable bonds is 8. The lowest BCUT2D eigenvalue weighted by Gasteiger charge is -2.11. The quantitative estimate of drug-likeness (QED) is 0.696. The monoisotopic (exact) mass is 271 g/mol. The molecule has 0 aliphatic heterocycles. The maximum atomic E-state index is 11.2. The number of aliphatic hydroxyl groups excluding tert-OH is 1. The molecule has 1 aromatic carbocycles. The van der Waals surface area contributed by atoms with E-state index in [1.54, 1.807) is 6.92 Å². The minimum atomic E-state index is -2.90. The van der Waals surface area contributed by atoms with Crippen molar-refractivity contribution in [2.24, 2.45) is 0 Å². The highest BCUT2D eigenvalue weighted by Gasteiger charge is 2.08. The first-order valence-electron chi connectivity index (χ1n) is 6.19. The van der Waals surface area contributed by atoms with Gasteiger partial charge in [0, 0.05) is 12.3 Å². The van der Waals surface area contributed by atoms with Crippen LogP contribution in [0.25, 0.3) is 0 Å². The molecule has 0 saturated heterocycles. The minimum Gasteiger partial charge on any atom is -0.388 e. The molecule has 0 bridgehead atoms. The minimum absolute atomic E-state index is 0.158. The molecule has 0 aliphatic carbocycles. The molecule has 0 unspecified atom stereocenters. The van der Waals surface area contributed by atoms with Crippen LogP contribution in [0.2, 0.25) is 0 Å². The second-order valence-electron chi connectivity index (χ2n) is 4.20. The molecule has 5 heteroatoms. The van der Waals surface area contributed by atoms with E-state index in [9.17, 15) is 13.5 Å². The van der Waals surface area contributed by atoms with Crippen LogP contribution in [0.1, 0.15) is 25.0 Å². The van der Waals surface area contributed by atoms with Gasteiger partial charge in [0.15, 0.2) is 9.84 Å². The fourth-order valence-electron chi connectivity index (χ4n) is 1.58. The van der Waals surface area contributed by atoms with Gasteiger partial charge in [-0.15, -0.1) is 0 Å². The Morgan fingerprint density at radius 1 is 1.22 bits per heavy atom. The summed E-state index contributed by atoms with van der Waals surface area (Å²) < 4.78 is 22.5. The fourth-order valence-corrected chi connectivity index (χ4v) is 2.32. The lowest BCUT2D eigenvalue weighted by molar-refractivity contribution is 0.167. The second kappa shape index (κ2) is 7.51. The van der Waals surface area contributed by atoms with Gasteiger partial charge in [-0.2, -0.15) is 0 Å². The van der Waals surface area contributed by atoms with Gasteiger partial charge in [0.2, 0.25) is 0 Å². The van der Waals surface area contributed by atoms with Crippen LogP contribution in [0.5, 0.6) is 0 Å². The standard InChI is InChI=1S/C13H21NO3S/c1-2-18(16,17)11-10-14-9-8-13(15)12-6-4-3-5-7-12/h3-7,13-15H,2,8-11H2,1H3/t13-/m1/s1. The molecule has 0 radical (unpaired) electrons. The summed E-state index contributed by atoms with van der Waals surface area (Å²) >= 11 is 0. The summed E-state index contributed by atoms with van der Waals surface area (Å²) in [6, 6.07) is 9.45. The van der Waals surface area contributed by atoms with Gasteiger partial charge in [0.1, 0.15) is 0 Å². The molecule has 2 N–H and O–H groups in total. The number of sulfone groups is 1. The van der Waals surface area contributed by atoms with E-state index < -0.39 is 15.9 Å². The topological polar surface area (TPSA) is 66.4 Å². The Morgan fingerprint density at radius 2 is 1.89 bits per heavy atom. The largest absolute Gasteiger partial charge is 0.388 e. The van der Waals surface area contributed by atoms with E-state index in [1.165, 1.54) is 0 Å². The highest BCUT2D eigenvalue weighted by atomic mass is 32.2. The summed E-state index contributed by atoms with van der Waals surface area (Å²) in [4.78, 5) is 0. The molecule has 1 atom stereocenters. The number of benzene rings is 1. The Kier molecular flexibility index (Phi) is 6.32.